The van der Waals surface area contributed by atoms with Gasteiger partial charge in [0, 0.05) is 0 Å². The molecular weight excluding hydrogens is 97.0 g/mol. The largest absolute Gasteiger partial charge is 0.414 e. The molecule has 1 aliphatic rings. The van der Waals surface area contributed by atoms with Crippen LogP contribution in [-0.4, -0.2) is 0 Å². The Hall–Kier alpha value is -0.990. The van der Waals surface area contributed by atoms with Gasteiger partial charge in [0.05, 0.1) is 6.20 Å². The van der Waals surface area contributed by atoms with Gasteiger partial charge in [-0.15, -0.1) is 0 Å². The first-order chi connectivity index (χ1) is 3.29. The molecule has 0 aromatic rings. The van der Waals surface area contributed by atoms with E-state index in [9.17, 15) is 4.39 Å². The lowest BCUT2D eigenvalue weighted by atomic mass is 10.9. The standard InChI is InChI=1S/C4H4FNO/c1-3-6-2-4(5)7-3/h2,6H,1H2. The van der Waals surface area contributed by atoms with Crippen LogP contribution in [0.1, 0.15) is 0 Å². The van der Waals surface area contributed by atoms with Crippen molar-refractivity contribution in [2.24, 2.45) is 0 Å². The lowest BCUT2D eigenvalue weighted by Gasteiger charge is -1.89. The van der Waals surface area contributed by atoms with Crippen LogP contribution in [0.3, 0.4) is 0 Å². The number of hydrogen-bond acceptors (Lipinski definition) is 2. The lowest BCUT2D eigenvalue weighted by Crippen LogP contribution is -1.94. The summed E-state index contributed by atoms with van der Waals surface area (Å²) in [5, 5.41) is 2.42. The molecule has 2 nitrogen and oxygen atoms in total. The van der Waals surface area contributed by atoms with Crippen molar-refractivity contribution in [3.05, 3.63) is 24.7 Å². The summed E-state index contributed by atoms with van der Waals surface area (Å²) < 4.78 is 15.9. The van der Waals surface area contributed by atoms with Gasteiger partial charge in [-0.1, -0.05) is 0 Å². The van der Waals surface area contributed by atoms with Gasteiger partial charge in [0.1, 0.15) is 0 Å². The van der Waals surface area contributed by atoms with Crippen molar-refractivity contribution in [2.75, 3.05) is 0 Å². The molecular formula is C4H4FNO. The van der Waals surface area contributed by atoms with Gasteiger partial charge in [-0.05, 0) is 6.58 Å². The molecule has 0 aromatic carbocycles. The van der Waals surface area contributed by atoms with Crippen LogP contribution in [0.15, 0.2) is 24.7 Å². The van der Waals surface area contributed by atoms with E-state index in [0.717, 1.165) is 6.20 Å². The van der Waals surface area contributed by atoms with Crippen LogP contribution in [0.4, 0.5) is 4.39 Å². The Morgan fingerprint density at radius 1 is 1.86 bits per heavy atom. The maximum atomic E-state index is 11.7. The van der Waals surface area contributed by atoms with Crippen molar-refractivity contribution in [2.45, 2.75) is 0 Å². The summed E-state index contributed by atoms with van der Waals surface area (Å²) in [7, 11) is 0. The second kappa shape index (κ2) is 1.26. The average Bonchev–Trinajstić information content (AvgIpc) is 1.87. The molecule has 0 saturated carbocycles. The van der Waals surface area contributed by atoms with Crippen molar-refractivity contribution < 1.29 is 9.13 Å². The van der Waals surface area contributed by atoms with E-state index in [1.54, 1.807) is 0 Å². The van der Waals surface area contributed by atoms with Gasteiger partial charge in [-0.3, -0.25) is 0 Å². The summed E-state index contributed by atoms with van der Waals surface area (Å²) in [6.07, 6.45) is 1.10. The van der Waals surface area contributed by atoms with Gasteiger partial charge < -0.3 is 10.1 Å². The third-order valence-corrected chi connectivity index (χ3v) is 0.567. The zero-order valence-electron chi connectivity index (χ0n) is 3.57. The van der Waals surface area contributed by atoms with Crippen LogP contribution < -0.4 is 5.32 Å². The minimum Gasteiger partial charge on any atom is -0.414 e. The molecule has 0 radical (unpaired) electrons. The molecule has 0 aliphatic carbocycles. The third-order valence-electron chi connectivity index (χ3n) is 0.567. The Bertz CT molecular complexity index is 130. The van der Waals surface area contributed by atoms with Gasteiger partial charge in [0.2, 0.25) is 0 Å². The Labute approximate surface area is 40.3 Å². The third kappa shape index (κ3) is 0.707. The van der Waals surface area contributed by atoms with Crippen molar-refractivity contribution >= 4 is 0 Å². The monoisotopic (exact) mass is 101 g/mol. The number of halogens is 1. The molecule has 0 aromatic heterocycles. The van der Waals surface area contributed by atoms with E-state index < -0.39 is 6.01 Å². The first-order valence-corrected chi connectivity index (χ1v) is 1.78. The molecule has 0 atom stereocenters. The molecule has 38 valence electrons. The molecule has 1 N–H and O–H groups in total. The summed E-state index contributed by atoms with van der Waals surface area (Å²) in [6, 6.07) is -0.634. The topological polar surface area (TPSA) is 21.3 Å². The summed E-state index contributed by atoms with van der Waals surface area (Å²) in [4.78, 5) is 0. The zero-order chi connectivity index (χ0) is 5.28. The van der Waals surface area contributed by atoms with Gasteiger partial charge in [0.25, 0.3) is 6.01 Å². The van der Waals surface area contributed by atoms with Crippen molar-refractivity contribution in [3.63, 3.8) is 0 Å². The molecule has 0 saturated heterocycles. The van der Waals surface area contributed by atoms with E-state index in [2.05, 4.69) is 16.6 Å². The highest BCUT2D eigenvalue weighted by Crippen LogP contribution is 2.08. The normalized spacial score (nSPS) is 17.9. The van der Waals surface area contributed by atoms with Gasteiger partial charge in [-0.2, -0.15) is 4.39 Å². The first kappa shape index (κ1) is 4.18. The first-order valence-electron chi connectivity index (χ1n) is 1.78. The van der Waals surface area contributed by atoms with Gasteiger partial charge >= 0.3 is 0 Å². The Morgan fingerprint density at radius 2 is 2.57 bits per heavy atom. The Balaban J connectivity index is 2.58. The molecule has 7 heavy (non-hydrogen) atoms. The maximum Gasteiger partial charge on any atom is 0.295 e. The fourth-order valence-electron chi connectivity index (χ4n) is 0.314. The van der Waals surface area contributed by atoms with Gasteiger partial charge in [0.15, 0.2) is 5.88 Å². The average molecular weight is 101 g/mol. The van der Waals surface area contributed by atoms with Crippen LogP contribution >= 0.6 is 0 Å². The highest BCUT2D eigenvalue weighted by Gasteiger charge is 2.04. The van der Waals surface area contributed by atoms with E-state index in [0.29, 0.717) is 0 Å². The van der Waals surface area contributed by atoms with Crippen LogP contribution in [0.5, 0.6) is 0 Å². The molecule has 1 aliphatic heterocycles. The number of hydrogen-bond donors (Lipinski definition) is 1. The predicted molar refractivity (Wildman–Crippen MR) is 22.6 cm³/mol. The maximum absolute atomic E-state index is 11.7. The zero-order valence-corrected chi connectivity index (χ0v) is 3.57. The van der Waals surface area contributed by atoms with Crippen molar-refractivity contribution in [3.8, 4) is 0 Å². The summed E-state index contributed by atoms with van der Waals surface area (Å²) in [5.41, 5.74) is 0. The second-order valence-corrected chi connectivity index (χ2v) is 1.12. The quantitative estimate of drug-likeness (QED) is 0.488. The van der Waals surface area contributed by atoms with E-state index >= 15 is 0 Å². The van der Waals surface area contributed by atoms with Crippen LogP contribution in [0, 0.1) is 0 Å². The number of nitrogens with one attached hydrogen (secondary N) is 1. The molecule has 1 heterocycles. The molecule has 0 spiro atoms. The smallest absolute Gasteiger partial charge is 0.295 e. The van der Waals surface area contributed by atoms with Crippen molar-refractivity contribution in [1.82, 2.24) is 5.32 Å². The highest BCUT2D eigenvalue weighted by atomic mass is 19.1. The SMILES string of the molecule is C=C1NC=C(F)O1. The van der Waals surface area contributed by atoms with E-state index in [4.69, 9.17) is 0 Å². The molecule has 1 rings (SSSR count). The van der Waals surface area contributed by atoms with E-state index in [-0.39, 0.29) is 5.88 Å². The summed E-state index contributed by atoms with van der Waals surface area (Å²) >= 11 is 0. The van der Waals surface area contributed by atoms with Crippen LogP contribution in [0.25, 0.3) is 0 Å². The molecule has 0 bridgehead atoms. The second-order valence-electron chi connectivity index (χ2n) is 1.12. The molecule has 0 unspecified atom stereocenters. The number of rotatable bonds is 0. The Morgan fingerprint density at radius 3 is 2.71 bits per heavy atom. The van der Waals surface area contributed by atoms with Crippen LogP contribution in [0.2, 0.25) is 0 Å². The summed E-state index contributed by atoms with van der Waals surface area (Å²) in [6.45, 7) is 3.28. The Kier molecular flexibility index (Phi) is 0.749. The van der Waals surface area contributed by atoms with Gasteiger partial charge in [-0.25, -0.2) is 0 Å². The minimum absolute atomic E-state index is 0.234. The molecule has 3 heteroatoms. The summed E-state index contributed by atoms with van der Waals surface area (Å²) in [5.74, 6) is 0.234. The van der Waals surface area contributed by atoms with Crippen molar-refractivity contribution in [1.29, 1.82) is 0 Å². The predicted octanol–water partition coefficient (Wildman–Crippen LogP) is 0.846. The van der Waals surface area contributed by atoms with Crippen LogP contribution in [-0.2, 0) is 4.74 Å². The lowest BCUT2D eigenvalue weighted by molar-refractivity contribution is 0.230. The fourth-order valence-corrected chi connectivity index (χ4v) is 0.314. The minimum atomic E-state index is -0.634. The van der Waals surface area contributed by atoms with E-state index in [1.807, 2.05) is 0 Å². The fraction of sp³-hybridized carbons (Fsp3) is 0. The molecule has 0 amide bonds. The van der Waals surface area contributed by atoms with E-state index in [1.165, 1.54) is 0 Å². The highest BCUT2D eigenvalue weighted by molar-refractivity contribution is 5.00. The molecule has 0 fully saturated rings. The number of ether oxygens (including phenoxy) is 1.